The summed E-state index contributed by atoms with van der Waals surface area (Å²) in [6.45, 7) is 4.99. The number of fused-ring (bicyclic) bond motifs is 1. The van der Waals surface area contributed by atoms with Crippen LogP contribution in [0.1, 0.15) is 19.8 Å². The van der Waals surface area contributed by atoms with Crippen LogP contribution in [0.4, 0.5) is 15.8 Å². The highest BCUT2D eigenvalue weighted by Gasteiger charge is 2.58. The minimum Gasteiger partial charge on any atom is -0.497 e. The Hall–Kier alpha value is -3.86. The molecule has 0 bridgehead atoms. The summed E-state index contributed by atoms with van der Waals surface area (Å²) in [5.41, 5.74) is -0.900. The molecule has 8 heteroatoms. The fourth-order valence-electron chi connectivity index (χ4n) is 3.67. The van der Waals surface area contributed by atoms with Gasteiger partial charge in [0, 0.05) is 24.5 Å². The molecule has 1 aromatic carbocycles. The van der Waals surface area contributed by atoms with Gasteiger partial charge >= 0.3 is 0 Å². The van der Waals surface area contributed by atoms with E-state index in [9.17, 15) is 14.4 Å². The smallest absolute Gasteiger partial charge is 0.272 e. The first-order valence-electron chi connectivity index (χ1n) is 9.53. The van der Waals surface area contributed by atoms with Crippen molar-refractivity contribution in [1.82, 2.24) is 0 Å². The lowest BCUT2D eigenvalue weighted by molar-refractivity contribution is -0.128. The van der Waals surface area contributed by atoms with Crippen LogP contribution in [0.2, 0.25) is 0 Å². The molecule has 0 atom stereocenters. The number of hydrogen-bond acceptors (Lipinski definition) is 5. The fourth-order valence-corrected chi connectivity index (χ4v) is 3.67. The van der Waals surface area contributed by atoms with Crippen LogP contribution in [-0.4, -0.2) is 37.0 Å². The average molecular weight is 422 g/mol. The van der Waals surface area contributed by atoms with Gasteiger partial charge in [0.1, 0.15) is 11.5 Å². The Balaban J connectivity index is 1.79. The number of methoxy groups -OCH3 is 1. The minimum atomic E-state index is -1.01. The number of anilines is 2. The highest BCUT2D eigenvalue weighted by molar-refractivity contribution is 6.34. The van der Waals surface area contributed by atoms with Crippen LogP contribution in [-0.2, 0) is 19.1 Å². The number of imide groups is 1. The van der Waals surface area contributed by atoms with E-state index in [1.165, 1.54) is 37.2 Å². The molecule has 158 valence electrons. The van der Waals surface area contributed by atoms with E-state index in [2.05, 4.69) is 12.5 Å². The zero-order valence-electron chi connectivity index (χ0n) is 17.0. The summed E-state index contributed by atoms with van der Waals surface area (Å²) >= 11 is 0. The fraction of sp³-hybridized carbons (Fsp3) is 0.261. The van der Waals surface area contributed by atoms with Crippen molar-refractivity contribution in [1.29, 1.82) is 0 Å². The maximum Gasteiger partial charge on any atom is 0.272 e. The van der Waals surface area contributed by atoms with Gasteiger partial charge in [0.2, 0.25) is 0 Å². The molecule has 2 aliphatic heterocycles. The summed E-state index contributed by atoms with van der Waals surface area (Å²) in [4.78, 5) is 40.7. The second kappa shape index (κ2) is 7.13. The van der Waals surface area contributed by atoms with E-state index in [0.717, 1.165) is 11.0 Å². The maximum absolute atomic E-state index is 15.1. The van der Waals surface area contributed by atoms with Gasteiger partial charge in [0.25, 0.3) is 17.7 Å². The highest BCUT2D eigenvalue weighted by Crippen LogP contribution is 2.50. The molecule has 7 nitrogen and oxygen atoms in total. The summed E-state index contributed by atoms with van der Waals surface area (Å²) in [6.07, 6.45) is 9.21. The van der Waals surface area contributed by atoms with Gasteiger partial charge in [0.15, 0.2) is 11.4 Å². The average Bonchev–Trinajstić information content (AvgIpc) is 3.49. The number of nitrogens with zero attached hydrogens (tertiary/aromatic N) is 2. The van der Waals surface area contributed by atoms with E-state index in [-0.39, 0.29) is 46.5 Å². The molecular weight excluding hydrogens is 403 g/mol. The van der Waals surface area contributed by atoms with E-state index in [1.54, 1.807) is 0 Å². The molecular formula is C23H19FN2O5. The Bertz CT molecular complexity index is 1150. The Labute approximate surface area is 178 Å². The van der Waals surface area contributed by atoms with E-state index in [4.69, 9.17) is 15.9 Å². The third kappa shape index (κ3) is 3.01. The van der Waals surface area contributed by atoms with Crippen molar-refractivity contribution in [2.45, 2.75) is 25.4 Å². The van der Waals surface area contributed by atoms with Crippen molar-refractivity contribution >= 4 is 29.1 Å². The predicted octanol–water partition coefficient (Wildman–Crippen LogP) is 2.62. The summed E-state index contributed by atoms with van der Waals surface area (Å²) in [6, 6.07) is 2.32. The zero-order valence-corrected chi connectivity index (χ0v) is 17.0. The summed E-state index contributed by atoms with van der Waals surface area (Å²) in [5.74, 6) is 0.283. The third-order valence-electron chi connectivity index (χ3n) is 5.54. The first-order chi connectivity index (χ1) is 14.8. The Morgan fingerprint density at radius 3 is 2.61 bits per heavy atom. The van der Waals surface area contributed by atoms with Crippen LogP contribution >= 0.6 is 0 Å². The van der Waals surface area contributed by atoms with E-state index >= 15 is 4.39 Å². The topological polar surface area (TPSA) is 76.2 Å². The minimum absolute atomic E-state index is 0.0499. The summed E-state index contributed by atoms with van der Waals surface area (Å²) < 4.78 is 25.9. The first kappa shape index (κ1) is 20.4. The number of halogens is 1. The number of carbonyl (C=O) groups excluding carboxylic acids is 3. The van der Waals surface area contributed by atoms with Crippen LogP contribution in [0.5, 0.6) is 5.75 Å². The van der Waals surface area contributed by atoms with Crippen molar-refractivity contribution < 1.29 is 28.2 Å². The second-order valence-electron chi connectivity index (χ2n) is 7.40. The molecule has 0 radical (unpaired) electrons. The number of benzene rings is 1. The van der Waals surface area contributed by atoms with Crippen molar-refractivity contribution in [3.63, 3.8) is 0 Å². The van der Waals surface area contributed by atoms with Gasteiger partial charge in [0.05, 0.1) is 30.6 Å². The lowest BCUT2D eigenvalue weighted by Gasteiger charge is -2.34. The number of amides is 3. The van der Waals surface area contributed by atoms with Gasteiger partial charge in [-0.1, -0.05) is 12.5 Å². The molecule has 4 rings (SSSR count). The molecule has 1 fully saturated rings. The van der Waals surface area contributed by atoms with E-state index < -0.39 is 23.2 Å². The number of ether oxygens (including phenoxy) is 2. The van der Waals surface area contributed by atoms with Crippen LogP contribution in [0.3, 0.4) is 0 Å². The number of hydrogen-bond donors (Lipinski definition) is 0. The van der Waals surface area contributed by atoms with Gasteiger partial charge in [-0.2, -0.15) is 0 Å². The van der Waals surface area contributed by atoms with Gasteiger partial charge in [-0.25, -0.2) is 9.29 Å². The molecule has 0 aromatic heterocycles. The lowest BCUT2D eigenvalue weighted by atomic mass is 10.1. The van der Waals surface area contributed by atoms with Crippen molar-refractivity contribution in [3.8, 4) is 18.1 Å². The van der Waals surface area contributed by atoms with Crippen molar-refractivity contribution in [2.75, 3.05) is 23.5 Å². The van der Waals surface area contributed by atoms with Crippen LogP contribution in [0.25, 0.3) is 0 Å². The van der Waals surface area contributed by atoms with Crippen molar-refractivity contribution in [3.05, 3.63) is 53.6 Å². The molecule has 2 heterocycles. The molecule has 0 N–H and O–H groups in total. The molecule has 1 aliphatic carbocycles. The third-order valence-corrected chi connectivity index (χ3v) is 5.54. The molecule has 3 amide bonds. The molecule has 3 aliphatic rings. The molecule has 0 saturated heterocycles. The predicted molar refractivity (Wildman–Crippen MR) is 111 cm³/mol. The number of terminal acetylenes is 1. The molecule has 1 aromatic rings. The SMILES string of the molecule is C#CCN1C(=O)C2(CC2)Oc2cc(F)c(N3C(=O)C(C)=C(/C=C(\C=C)OC)C3=O)cc21. The summed E-state index contributed by atoms with van der Waals surface area (Å²) in [7, 11) is 1.40. The number of allylic oxidation sites excluding steroid dienone is 1. The zero-order chi connectivity index (χ0) is 22.5. The maximum atomic E-state index is 15.1. The normalized spacial score (nSPS) is 19.4. The highest BCUT2D eigenvalue weighted by atomic mass is 19.1. The largest absolute Gasteiger partial charge is 0.497 e. The quantitative estimate of drug-likeness (QED) is 0.316. The van der Waals surface area contributed by atoms with E-state index in [0.29, 0.717) is 12.8 Å². The molecule has 31 heavy (non-hydrogen) atoms. The molecule has 1 spiro atoms. The van der Waals surface area contributed by atoms with E-state index in [1.807, 2.05) is 0 Å². The number of rotatable bonds is 5. The monoisotopic (exact) mass is 422 g/mol. The van der Waals surface area contributed by atoms with Crippen LogP contribution in [0, 0.1) is 18.2 Å². The molecule has 1 saturated carbocycles. The van der Waals surface area contributed by atoms with Crippen molar-refractivity contribution in [2.24, 2.45) is 0 Å². The van der Waals surface area contributed by atoms with Gasteiger partial charge < -0.3 is 9.47 Å². The van der Waals surface area contributed by atoms with Crippen LogP contribution < -0.4 is 14.5 Å². The summed E-state index contributed by atoms with van der Waals surface area (Å²) in [5, 5.41) is 0. The Kier molecular flexibility index (Phi) is 4.69. The van der Waals surface area contributed by atoms with Gasteiger partial charge in [-0.05, 0) is 25.1 Å². The van der Waals surface area contributed by atoms with Gasteiger partial charge in [-0.3, -0.25) is 19.3 Å². The van der Waals surface area contributed by atoms with Gasteiger partial charge in [-0.15, -0.1) is 6.42 Å². The molecule has 0 unspecified atom stereocenters. The lowest BCUT2D eigenvalue weighted by Crippen LogP contribution is -2.48. The standard InChI is InChI=1S/C23H19FN2O5/c1-5-9-25-18-12-17(16(24)11-19(18)31-23(7-8-23)22(25)29)26-20(27)13(3)15(21(26)28)10-14(6-2)30-4/h1,6,10-12H,2,7-9H2,3-4H3/b14-10+. The first-order valence-corrected chi connectivity index (χ1v) is 9.53. The Morgan fingerprint density at radius 2 is 2.03 bits per heavy atom. The van der Waals surface area contributed by atoms with Crippen LogP contribution in [0.15, 0.2) is 47.8 Å². The number of carbonyl (C=O) groups is 3. The second-order valence-corrected chi connectivity index (χ2v) is 7.40. The Morgan fingerprint density at radius 1 is 1.32 bits per heavy atom.